The fourth-order valence-electron chi connectivity index (χ4n) is 2.37. The van der Waals surface area contributed by atoms with E-state index in [-0.39, 0.29) is 16.6 Å². The predicted octanol–water partition coefficient (Wildman–Crippen LogP) is 3.66. The Morgan fingerprint density at radius 2 is 2.11 bits per heavy atom. The van der Waals surface area contributed by atoms with E-state index < -0.39 is 8.32 Å². The van der Waals surface area contributed by atoms with Gasteiger partial charge in [-0.15, -0.1) is 0 Å². The maximum absolute atomic E-state index is 10.9. The Labute approximate surface area is 112 Å². The van der Waals surface area contributed by atoms with Gasteiger partial charge in [0.05, 0.1) is 11.7 Å². The van der Waals surface area contributed by atoms with E-state index in [1.54, 1.807) is 0 Å². The van der Waals surface area contributed by atoms with Crippen LogP contribution >= 0.6 is 0 Å². The second kappa shape index (κ2) is 5.14. The fourth-order valence-corrected chi connectivity index (χ4v) is 4.02. The summed E-state index contributed by atoms with van der Waals surface area (Å²) in [6.45, 7) is 11.0. The Bertz CT molecular complexity index is 354. The lowest BCUT2D eigenvalue weighted by molar-refractivity contribution is -0.111. The number of nitriles is 1. The summed E-state index contributed by atoms with van der Waals surface area (Å²) in [7, 11) is -1.89. The van der Waals surface area contributed by atoms with Crippen LogP contribution in [0.5, 0.6) is 0 Å². The molecular formula is C14H25NO2Si. The lowest BCUT2D eigenvalue weighted by Gasteiger charge is -2.43. The van der Waals surface area contributed by atoms with Crippen LogP contribution in [0.1, 0.15) is 46.5 Å². The molecule has 2 atom stereocenters. The zero-order chi connectivity index (χ0) is 14.0. The molecule has 1 saturated carbocycles. The molecule has 0 radical (unpaired) electrons. The summed E-state index contributed by atoms with van der Waals surface area (Å²) < 4.78 is 6.48. The molecule has 1 aliphatic carbocycles. The molecule has 3 nitrogen and oxygen atoms in total. The molecule has 1 aliphatic rings. The van der Waals surface area contributed by atoms with Crippen molar-refractivity contribution in [1.29, 1.82) is 5.26 Å². The fraction of sp³-hybridized carbons (Fsp3) is 0.857. The van der Waals surface area contributed by atoms with E-state index in [1.807, 2.05) is 0 Å². The summed E-state index contributed by atoms with van der Waals surface area (Å²) >= 11 is 0. The first-order valence-corrected chi connectivity index (χ1v) is 9.60. The molecule has 0 spiro atoms. The van der Waals surface area contributed by atoms with Gasteiger partial charge in [0.1, 0.15) is 6.29 Å². The first kappa shape index (κ1) is 15.4. The number of carbonyl (C=O) groups excluding carboxylic acids is 1. The maximum Gasteiger partial charge on any atom is 0.192 e. The van der Waals surface area contributed by atoms with Gasteiger partial charge in [0.15, 0.2) is 8.32 Å². The molecule has 18 heavy (non-hydrogen) atoms. The molecule has 0 aromatic carbocycles. The molecule has 0 saturated heterocycles. The Balaban J connectivity index is 2.89. The standard InChI is InChI=1S/C14H25NO2Si/c1-13(2,3)18(4,5)17-14(8-9-16)7-6-12(10-14)11-15/h9,12H,6-8,10H2,1-5H3/t12-,14+/m1/s1. The number of carbonyl (C=O) groups is 1. The normalized spacial score (nSPS) is 29.0. The number of aldehydes is 1. The number of hydrogen-bond acceptors (Lipinski definition) is 3. The molecule has 1 rings (SSSR count). The predicted molar refractivity (Wildman–Crippen MR) is 74.6 cm³/mol. The summed E-state index contributed by atoms with van der Waals surface area (Å²) in [6.07, 6.45) is 3.80. The highest BCUT2D eigenvalue weighted by Crippen LogP contribution is 2.46. The van der Waals surface area contributed by atoms with Gasteiger partial charge in [0, 0.05) is 12.3 Å². The van der Waals surface area contributed by atoms with Crippen LogP contribution in [-0.2, 0) is 9.22 Å². The van der Waals surface area contributed by atoms with Gasteiger partial charge in [0.2, 0.25) is 0 Å². The Morgan fingerprint density at radius 1 is 1.50 bits per heavy atom. The summed E-state index contributed by atoms with van der Waals surface area (Å²) in [4.78, 5) is 10.9. The van der Waals surface area contributed by atoms with Gasteiger partial charge in [-0.2, -0.15) is 5.26 Å². The third-order valence-electron chi connectivity index (χ3n) is 4.48. The quantitative estimate of drug-likeness (QED) is 0.577. The summed E-state index contributed by atoms with van der Waals surface area (Å²) in [5, 5.41) is 9.17. The number of rotatable bonds is 4. The minimum Gasteiger partial charge on any atom is -0.411 e. The third kappa shape index (κ3) is 3.21. The van der Waals surface area contributed by atoms with Crippen molar-refractivity contribution >= 4 is 14.6 Å². The SMILES string of the molecule is CC(C)(C)[Si](C)(C)O[C@]1(CC=O)CC[C@@H](C#N)C1. The second-order valence-electron chi connectivity index (χ2n) is 6.98. The zero-order valence-electron chi connectivity index (χ0n) is 12.2. The first-order chi connectivity index (χ1) is 8.16. The van der Waals surface area contributed by atoms with Gasteiger partial charge in [0.25, 0.3) is 0 Å². The first-order valence-electron chi connectivity index (χ1n) is 6.69. The van der Waals surface area contributed by atoms with Crippen LogP contribution in [0.3, 0.4) is 0 Å². The van der Waals surface area contributed by atoms with Gasteiger partial charge < -0.3 is 9.22 Å². The minimum atomic E-state index is -1.89. The number of hydrogen-bond donors (Lipinski definition) is 0. The van der Waals surface area contributed by atoms with Gasteiger partial charge in [-0.3, -0.25) is 0 Å². The molecule has 102 valence electrons. The Kier molecular flexibility index (Phi) is 4.40. The molecule has 1 fully saturated rings. The lowest BCUT2D eigenvalue weighted by atomic mass is 9.97. The van der Waals surface area contributed by atoms with Crippen molar-refractivity contribution in [3.8, 4) is 6.07 Å². The van der Waals surface area contributed by atoms with Crippen LogP contribution < -0.4 is 0 Å². The van der Waals surface area contributed by atoms with Gasteiger partial charge >= 0.3 is 0 Å². The largest absolute Gasteiger partial charge is 0.411 e. The molecule has 0 bridgehead atoms. The third-order valence-corrected chi connectivity index (χ3v) is 9.04. The Hall–Kier alpha value is -0.663. The van der Waals surface area contributed by atoms with Crippen LogP contribution in [-0.4, -0.2) is 20.2 Å². The van der Waals surface area contributed by atoms with Crippen LogP contribution in [0.4, 0.5) is 0 Å². The molecule has 0 unspecified atom stereocenters. The highest BCUT2D eigenvalue weighted by molar-refractivity contribution is 6.74. The molecule has 0 aromatic heterocycles. The van der Waals surface area contributed by atoms with E-state index in [2.05, 4.69) is 39.9 Å². The van der Waals surface area contributed by atoms with Crippen molar-refractivity contribution in [2.24, 2.45) is 5.92 Å². The topological polar surface area (TPSA) is 50.1 Å². The van der Waals surface area contributed by atoms with Crippen LogP contribution in [0.25, 0.3) is 0 Å². The average Bonchev–Trinajstić information content (AvgIpc) is 2.59. The van der Waals surface area contributed by atoms with Gasteiger partial charge in [-0.1, -0.05) is 20.8 Å². The van der Waals surface area contributed by atoms with Crippen molar-refractivity contribution in [3.05, 3.63) is 0 Å². The smallest absolute Gasteiger partial charge is 0.192 e. The van der Waals surface area contributed by atoms with E-state index in [0.717, 1.165) is 25.5 Å². The van der Waals surface area contributed by atoms with Crippen LogP contribution in [0.2, 0.25) is 18.1 Å². The molecular weight excluding hydrogens is 242 g/mol. The second-order valence-corrected chi connectivity index (χ2v) is 11.7. The summed E-state index contributed by atoms with van der Waals surface area (Å²) in [5.74, 6) is 0.0507. The van der Waals surface area contributed by atoms with Crippen LogP contribution in [0.15, 0.2) is 0 Å². The Morgan fingerprint density at radius 3 is 2.50 bits per heavy atom. The molecule has 0 heterocycles. The van der Waals surface area contributed by atoms with E-state index in [1.165, 1.54) is 0 Å². The molecule has 4 heteroatoms. The summed E-state index contributed by atoms with van der Waals surface area (Å²) in [6, 6.07) is 2.32. The van der Waals surface area contributed by atoms with E-state index >= 15 is 0 Å². The van der Waals surface area contributed by atoms with E-state index in [0.29, 0.717) is 6.42 Å². The lowest BCUT2D eigenvalue weighted by Crippen LogP contribution is -2.49. The summed E-state index contributed by atoms with van der Waals surface area (Å²) in [5.41, 5.74) is -0.370. The molecule has 0 N–H and O–H groups in total. The zero-order valence-corrected chi connectivity index (χ0v) is 13.2. The van der Waals surface area contributed by atoms with Crippen LogP contribution in [0, 0.1) is 17.2 Å². The number of nitrogens with zero attached hydrogens (tertiary/aromatic N) is 1. The highest BCUT2D eigenvalue weighted by atomic mass is 28.4. The van der Waals surface area contributed by atoms with Gasteiger partial charge in [-0.25, -0.2) is 0 Å². The van der Waals surface area contributed by atoms with Crippen molar-refractivity contribution in [3.63, 3.8) is 0 Å². The minimum absolute atomic E-state index is 0.0507. The van der Waals surface area contributed by atoms with Crippen molar-refractivity contribution in [2.45, 2.75) is 70.2 Å². The highest BCUT2D eigenvalue weighted by Gasteiger charge is 2.48. The van der Waals surface area contributed by atoms with Gasteiger partial charge in [-0.05, 0) is 37.4 Å². The van der Waals surface area contributed by atoms with Crippen molar-refractivity contribution < 1.29 is 9.22 Å². The average molecular weight is 267 g/mol. The van der Waals surface area contributed by atoms with E-state index in [4.69, 9.17) is 9.69 Å². The van der Waals surface area contributed by atoms with Crippen molar-refractivity contribution in [1.82, 2.24) is 0 Å². The maximum atomic E-state index is 10.9. The van der Waals surface area contributed by atoms with Crippen molar-refractivity contribution in [2.75, 3.05) is 0 Å². The molecule has 0 aromatic rings. The monoisotopic (exact) mass is 267 g/mol. The molecule has 0 aliphatic heterocycles. The molecule has 0 amide bonds. The van der Waals surface area contributed by atoms with E-state index in [9.17, 15) is 4.79 Å².